The van der Waals surface area contributed by atoms with E-state index in [4.69, 9.17) is 9.47 Å². The van der Waals surface area contributed by atoms with Crippen LogP contribution in [0.25, 0.3) is 0 Å². The number of ether oxygens (including phenoxy) is 2. The van der Waals surface area contributed by atoms with Gasteiger partial charge in [0.2, 0.25) is 0 Å². The van der Waals surface area contributed by atoms with Crippen molar-refractivity contribution in [3.8, 4) is 0 Å². The molecule has 6 heteroatoms. The van der Waals surface area contributed by atoms with E-state index in [0.717, 1.165) is 52.0 Å². The van der Waals surface area contributed by atoms with Crippen LogP contribution < -0.4 is 5.32 Å². The van der Waals surface area contributed by atoms with Crippen molar-refractivity contribution in [2.75, 3.05) is 52.6 Å². The summed E-state index contributed by atoms with van der Waals surface area (Å²) in [5, 5.41) is 3.39. The molecule has 1 N–H and O–H groups in total. The van der Waals surface area contributed by atoms with E-state index in [-0.39, 0.29) is 24.0 Å². The molecule has 2 heterocycles. The van der Waals surface area contributed by atoms with Crippen LogP contribution in [0.1, 0.15) is 26.7 Å². The summed E-state index contributed by atoms with van der Waals surface area (Å²) >= 11 is 0. The molecule has 0 aliphatic carbocycles. The molecule has 20 heavy (non-hydrogen) atoms. The molecular formula is C14H28IN3O2. The molecule has 1 atom stereocenters. The molecule has 1 spiro atoms. The molecule has 1 unspecified atom stereocenters. The molecular weight excluding hydrogens is 369 g/mol. The molecule has 0 radical (unpaired) electrons. The van der Waals surface area contributed by atoms with Crippen molar-refractivity contribution in [2.45, 2.75) is 26.7 Å². The third-order valence-electron chi connectivity index (χ3n) is 3.96. The fraction of sp³-hybridized carbons (Fsp3) is 0.929. The number of nitrogens with zero attached hydrogens (tertiary/aromatic N) is 2. The van der Waals surface area contributed by atoms with Crippen molar-refractivity contribution in [2.24, 2.45) is 10.4 Å². The highest BCUT2D eigenvalue weighted by Crippen LogP contribution is 2.38. The zero-order valence-corrected chi connectivity index (χ0v) is 15.0. The molecule has 2 saturated heterocycles. The van der Waals surface area contributed by atoms with Gasteiger partial charge in [-0.1, -0.05) is 0 Å². The minimum Gasteiger partial charge on any atom is -0.381 e. The van der Waals surface area contributed by atoms with Gasteiger partial charge in [-0.2, -0.15) is 0 Å². The molecule has 2 aliphatic heterocycles. The highest BCUT2D eigenvalue weighted by molar-refractivity contribution is 14.0. The maximum Gasteiger partial charge on any atom is 0.194 e. The number of hydrogen-bond acceptors (Lipinski definition) is 3. The van der Waals surface area contributed by atoms with E-state index >= 15 is 0 Å². The summed E-state index contributed by atoms with van der Waals surface area (Å²) in [4.78, 5) is 7.03. The Balaban J connectivity index is 0.00000200. The predicted octanol–water partition coefficient (Wildman–Crippen LogP) is 1.72. The van der Waals surface area contributed by atoms with E-state index in [1.54, 1.807) is 0 Å². The maximum absolute atomic E-state index is 5.58. The smallest absolute Gasteiger partial charge is 0.194 e. The first kappa shape index (κ1) is 18.0. The lowest BCUT2D eigenvalue weighted by Crippen LogP contribution is -2.41. The normalized spacial score (nSPS) is 26.1. The van der Waals surface area contributed by atoms with Gasteiger partial charge in [-0.3, -0.25) is 4.99 Å². The summed E-state index contributed by atoms with van der Waals surface area (Å²) in [7, 11) is 0. The molecule has 0 aromatic carbocycles. The average molecular weight is 397 g/mol. The van der Waals surface area contributed by atoms with Crippen LogP contribution in [0.3, 0.4) is 0 Å². The van der Waals surface area contributed by atoms with Gasteiger partial charge < -0.3 is 19.7 Å². The molecule has 2 rings (SSSR count). The molecule has 0 bridgehead atoms. The number of likely N-dealkylation sites (tertiary alicyclic amines) is 1. The summed E-state index contributed by atoms with van der Waals surface area (Å²) in [6, 6.07) is 0. The summed E-state index contributed by atoms with van der Waals surface area (Å²) in [5.74, 6) is 1.03. The molecule has 2 fully saturated rings. The molecule has 118 valence electrons. The van der Waals surface area contributed by atoms with Crippen molar-refractivity contribution in [3.63, 3.8) is 0 Å². The van der Waals surface area contributed by atoms with E-state index in [2.05, 4.69) is 22.1 Å². The van der Waals surface area contributed by atoms with Gasteiger partial charge in [-0.05, 0) is 26.7 Å². The summed E-state index contributed by atoms with van der Waals surface area (Å²) in [5.41, 5.74) is 0.385. The van der Waals surface area contributed by atoms with Crippen molar-refractivity contribution in [3.05, 3.63) is 0 Å². The minimum absolute atomic E-state index is 0. The Kier molecular flexibility index (Phi) is 8.13. The zero-order valence-electron chi connectivity index (χ0n) is 12.7. The number of guanidine groups is 1. The third kappa shape index (κ3) is 4.73. The van der Waals surface area contributed by atoms with Crippen molar-refractivity contribution in [1.82, 2.24) is 10.2 Å². The van der Waals surface area contributed by atoms with Gasteiger partial charge in [-0.25, -0.2) is 0 Å². The summed E-state index contributed by atoms with van der Waals surface area (Å²) in [6.45, 7) is 11.2. The lowest BCUT2D eigenvalue weighted by Gasteiger charge is -2.24. The van der Waals surface area contributed by atoms with Gasteiger partial charge in [-0.15, -0.1) is 24.0 Å². The first-order valence-corrected chi connectivity index (χ1v) is 7.48. The second kappa shape index (κ2) is 9.04. The second-order valence-electron chi connectivity index (χ2n) is 5.41. The lowest BCUT2D eigenvalue weighted by molar-refractivity contribution is 0.154. The molecule has 2 aliphatic rings. The standard InChI is InChI=1S/C14H27N3O2.HI/c1-3-15-13(16-7-10-18-4-2)17-8-5-14(11-17)6-9-19-12-14;/h3-12H2,1-2H3,(H,15,16);1H. The van der Waals surface area contributed by atoms with Crippen LogP contribution in [0.5, 0.6) is 0 Å². The van der Waals surface area contributed by atoms with Crippen LogP contribution in [0, 0.1) is 5.41 Å². The van der Waals surface area contributed by atoms with Crippen molar-refractivity contribution in [1.29, 1.82) is 0 Å². The highest BCUT2D eigenvalue weighted by Gasteiger charge is 2.42. The van der Waals surface area contributed by atoms with Crippen LogP contribution in [0.15, 0.2) is 4.99 Å². The van der Waals surface area contributed by atoms with Gasteiger partial charge in [0.05, 0.1) is 19.8 Å². The lowest BCUT2D eigenvalue weighted by atomic mass is 9.87. The SMILES string of the molecule is CCNC(=NCCOCC)N1CCC2(CCOC2)C1.I. The number of aliphatic imine (C=N–C) groups is 1. The van der Waals surface area contributed by atoms with Crippen LogP contribution in [-0.2, 0) is 9.47 Å². The Hall–Kier alpha value is -0.0800. The van der Waals surface area contributed by atoms with Gasteiger partial charge in [0.15, 0.2) is 5.96 Å². The van der Waals surface area contributed by atoms with E-state index in [0.29, 0.717) is 12.0 Å². The van der Waals surface area contributed by atoms with Gasteiger partial charge in [0, 0.05) is 38.3 Å². The van der Waals surface area contributed by atoms with Gasteiger partial charge >= 0.3 is 0 Å². The topological polar surface area (TPSA) is 46.1 Å². The number of halogens is 1. The van der Waals surface area contributed by atoms with E-state index in [1.165, 1.54) is 12.8 Å². The van der Waals surface area contributed by atoms with E-state index in [1.807, 2.05) is 6.92 Å². The number of nitrogens with one attached hydrogen (secondary N) is 1. The molecule has 0 aromatic heterocycles. The zero-order chi connectivity index (χ0) is 13.6. The largest absolute Gasteiger partial charge is 0.381 e. The van der Waals surface area contributed by atoms with Gasteiger partial charge in [0.25, 0.3) is 0 Å². The monoisotopic (exact) mass is 397 g/mol. The van der Waals surface area contributed by atoms with Crippen molar-refractivity contribution >= 4 is 29.9 Å². The third-order valence-corrected chi connectivity index (χ3v) is 3.96. The van der Waals surface area contributed by atoms with Crippen LogP contribution in [0.4, 0.5) is 0 Å². The predicted molar refractivity (Wildman–Crippen MR) is 91.9 cm³/mol. The first-order chi connectivity index (χ1) is 9.29. The van der Waals surface area contributed by atoms with Crippen LogP contribution in [-0.4, -0.2) is 63.5 Å². The van der Waals surface area contributed by atoms with E-state index < -0.39 is 0 Å². The summed E-state index contributed by atoms with van der Waals surface area (Å²) in [6.07, 6.45) is 2.42. The maximum atomic E-state index is 5.58. The van der Waals surface area contributed by atoms with Gasteiger partial charge in [0.1, 0.15) is 0 Å². The Morgan fingerprint density at radius 1 is 1.40 bits per heavy atom. The highest BCUT2D eigenvalue weighted by atomic mass is 127. The Morgan fingerprint density at radius 2 is 2.25 bits per heavy atom. The quantitative estimate of drug-likeness (QED) is 0.332. The molecule has 5 nitrogen and oxygen atoms in total. The first-order valence-electron chi connectivity index (χ1n) is 7.48. The second-order valence-corrected chi connectivity index (χ2v) is 5.41. The molecule has 0 saturated carbocycles. The number of hydrogen-bond donors (Lipinski definition) is 1. The van der Waals surface area contributed by atoms with Crippen LogP contribution in [0.2, 0.25) is 0 Å². The van der Waals surface area contributed by atoms with Crippen molar-refractivity contribution < 1.29 is 9.47 Å². The Bertz CT molecular complexity index is 307. The average Bonchev–Trinajstić information content (AvgIpc) is 3.04. The van der Waals surface area contributed by atoms with E-state index in [9.17, 15) is 0 Å². The summed E-state index contributed by atoms with van der Waals surface area (Å²) < 4.78 is 10.9. The Labute approximate surface area is 139 Å². The Morgan fingerprint density at radius 3 is 2.90 bits per heavy atom. The minimum atomic E-state index is 0. The molecule has 0 amide bonds. The molecule has 0 aromatic rings. The fourth-order valence-corrected chi connectivity index (χ4v) is 2.87. The fourth-order valence-electron chi connectivity index (χ4n) is 2.87. The van der Waals surface area contributed by atoms with Crippen LogP contribution >= 0.6 is 24.0 Å². The number of rotatable bonds is 5.